The van der Waals surface area contributed by atoms with E-state index in [1.54, 1.807) is 17.6 Å². The number of anilines is 2. The molecule has 46 heavy (non-hydrogen) atoms. The molecule has 0 bridgehead atoms. The Balaban J connectivity index is 1.13. The number of alkyl halides is 1. The summed E-state index contributed by atoms with van der Waals surface area (Å²) in [7, 11) is 0. The third kappa shape index (κ3) is 6.45. The van der Waals surface area contributed by atoms with E-state index in [1.165, 1.54) is 51.6 Å². The first kappa shape index (κ1) is 32.3. The van der Waals surface area contributed by atoms with E-state index in [9.17, 15) is 28.7 Å². The van der Waals surface area contributed by atoms with Crippen LogP contribution in [0, 0.1) is 5.41 Å². The van der Waals surface area contributed by atoms with Crippen molar-refractivity contribution in [3.8, 4) is 0 Å². The number of fused-ring (bicyclic) bond motifs is 2. The molecule has 12 nitrogen and oxygen atoms in total. The van der Waals surface area contributed by atoms with Crippen LogP contribution in [0.1, 0.15) is 25.0 Å². The zero-order valence-corrected chi connectivity index (χ0v) is 27.5. The van der Waals surface area contributed by atoms with Gasteiger partial charge >= 0.3 is 5.97 Å². The number of nitrogens with zero attached hydrogens (tertiary/aromatic N) is 4. The predicted molar refractivity (Wildman–Crippen MR) is 179 cm³/mol. The van der Waals surface area contributed by atoms with Crippen LogP contribution in [0.4, 0.5) is 15.2 Å². The van der Waals surface area contributed by atoms with E-state index >= 15 is 0 Å². The van der Waals surface area contributed by atoms with Crippen LogP contribution in [0.2, 0.25) is 0 Å². The van der Waals surface area contributed by atoms with Crippen LogP contribution < -0.4 is 21.4 Å². The van der Waals surface area contributed by atoms with Gasteiger partial charge in [0.25, 0.3) is 12.8 Å². The molecule has 0 saturated carbocycles. The number of nitrogen functional groups attached to an aromatic ring is 1. The van der Waals surface area contributed by atoms with Gasteiger partial charge in [-0.3, -0.25) is 19.2 Å². The summed E-state index contributed by atoms with van der Waals surface area (Å²) in [5.74, 6) is -2.21. The number of carbonyl (C=O) groups excluding carboxylic acids is 2. The number of hydrogen-bond donors (Lipinski definition) is 3. The minimum atomic E-state index is -1.37. The number of halogens is 1. The Labute approximate surface area is 278 Å². The molecule has 2 amide bonds. The topological polar surface area (TPSA) is 168 Å². The minimum absolute atomic E-state index is 0.0692. The molecule has 17 heteroatoms. The standard InChI is InChI=1S/C29H29FN6O6S4/c30-15-42-34-22(18-12-44-28(31)32-18)24(38)33-23-25(39)36-13-29(27(40)41,14-45-26(23)36)6-9-43-21-11-19(37)17-5-4-16(10-20(17)46-21)35-7-2-1-3-8-35/h4-6,9-12,23,26H,1-3,7-8,13-15H2,(H2,31,32)(H,33,38)(H,40,41)/t23?,26-,29?/m1/s1. The monoisotopic (exact) mass is 704 g/mol. The van der Waals surface area contributed by atoms with Crippen LogP contribution in [-0.2, 0) is 19.2 Å². The Morgan fingerprint density at radius 2 is 2.07 bits per heavy atom. The molecule has 0 aliphatic carbocycles. The van der Waals surface area contributed by atoms with E-state index < -0.39 is 41.5 Å². The maximum Gasteiger partial charge on any atom is 0.316 e. The molecule has 5 heterocycles. The van der Waals surface area contributed by atoms with Gasteiger partial charge in [0, 0.05) is 52.6 Å². The number of thioether (sulfide) groups is 2. The third-order valence-electron chi connectivity index (χ3n) is 7.99. The number of nitrogens with one attached hydrogen (secondary N) is 1. The number of carbonyl (C=O) groups is 3. The summed E-state index contributed by atoms with van der Waals surface area (Å²) >= 11 is 5.02. The Morgan fingerprint density at radius 1 is 1.26 bits per heavy atom. The number of β-lactam (4-membered cyclic amide) rings is 1. The fourth-order valence-electron chi connectivity index (χ4n) is 5.56. The van der Waals surface area contributed by atoms with E-state index in [0.29, 0.717) is 5.39 Å². The van der Waals surface area contributed by atoms with Gasteiger partial charge in [0.2, 0.25) is 5.91 Å². The minimum Gasteiger partial charge on any atom is -0.481 e. The second-order valence-corrected chi connectivity index (χ2v) is 15.2. The summed E-state index contributed by atoms with van der Waals surface area (Å²) in [5.41, 5.74) is 5.00. The molecule has 3 aromatic rings. The molecule has 3 fully saturated rings. The quantitative estimate of drug-likeness (QED) is 0.122. The van der Waals surface area contributed by atoms with Gasteiger partial charge in [-0.25, -0.2) is 9.37 Å². The number of piperidine rings is 1. The van der Waals surface area contributed by atoms with Crippen molar-refractivity contribution in [2.24, 2.45) is 10.6 Å². The Kier molecular flexibility index (Phi) is 9.54. The highest BCUT2D eigenvalue weighted by molar-refractivity contribution is 8.04. The van der Waals surface area contributed by atoms with Gasteiger partial charge in [-0.15, -0.1) is 34.4 Å². The average Bonchev–Trinajstić information content (AvgIpc) is 3.49. The van der Waals surface area contributed by atoms with Gasteiger partial charge in [0.05, 0.1) is 4.21 Å². The summed E-state index contributed by atoms with van der Waals surface area (Å²) in [6, 6.07) is 6.54. The van der Waals surface area contributed by atoms with Gasteiger partial charge < -0.3 is 30.8 Å². The average molecular weight is 705 g/mol. The van der Waals surface area contributed by atoms with Gasteiger partial charge in [-0.1, -0.05) is 23.0 Å². The third-order valence-corrected chi connectivity index (χ3v) is 12.2. The number of oxime groups is 1. The van der Waals surface area contributed by atoms with Crippen LogP contribution in [0.25, 0.3) is 10.1 Å². The molecule has 4 N–H and O–H groups in total. The smallest absolute Gasteiger partial charge is 0.316 e. The van der Waals surface area contributed by atoms with E-state index in [0.717, 1.165) is 51.9 Å². The Morgan fingerprint density at radius 3 is 2.78 bits per heavy atom. The number of hydrogen-bond acceptors (Lipinski definition) is 13. The molecule has 0 spiro atoms. The van der Waals surface area contributed by atoms with Crippen molar-refractivity contribution in [1.82, 2.24) is 15.2 Å². The lowest BCUT2D eigenvalue weighted by molar-refractivity contribution is -0.156. The van der Waals surface area contributed by atoms with Crippen LogP contribution in [0.15, 0.2) is 55.3 Å². The number of benzene rings is 1. The lowest BCUT2D eigenvalue weighted by Crippen LogP contribution is -2.73. The number of nitrogens with two attached hydrogens (primary N) is 1. The van der Waals surface area contributed by atoms with E-state index in [4.69, 9.17) is 5.73 Å². The van der Waals surface area contributed by atoms with Crippen molar-refractivity contribution in [1.29, 1.82) is 0 Å². The van der Waals surface area contributed by atoms with E-state index in [2.05, 4.69) is 31.3 Å². The summed E-state index contributed by atoms with van der Waals surface area (Å²) in [6.07, 6.45) is 5.09. The number of carboxylic acid groups (broad SMARTS) is 1. The second kappa shape index (κ2) is 13.6. The lowest BCUT2D eigenvalue weighted by Gasteiger charge is -2.53. The maximum absolute atomic E-state index is 13.1. The van der Waals surface area contributed by atoms with Crippen molar-refractivity contribution in [2.45, 2.75) is 34.9 Å². The zero-order chi connectivity index (χ0) is 32.4. The maximum atomic E-state index is 13.1. The van der Waals surface area contributed by atoms with Gasteiger partial charge in [-0.05, 0) is 42.9 Å². The molecule has 242 valence electrons. The first-order valence-electron chi connectivity index (χ1n) is 14.3. The highest BCUT2D eigenvalue weighted by atomic mass is 32.2. The molecule has 6 rings (SSSR count). The zero-order valence-electron chi connectivity index (χ0n) is 24.2. The molecule has 3 saturated heterocycles. The normalized spacial score (nSPS) is 23.3. The van der Waals surface area contributed by atoms with Crippen LogP contribution >= 0.6 is 46.2 Å². The molecule has 3 atom stereocenters. The Bertz CT molecular complexity index is 1790. The summed E-state index contributed by atoms with van der Waals surface area (Å²) < 4.78 is 14.2. The highest BCUT2D eigenvalue weighted by Gasteiger charge is 2.57. The van der Waals surface area contributed by atoms with Gasteiger partial charge in [0.1, 0.15) is 22.5 Å². The second-order valence-electron chi connectivity index (χ2n) is 10.9. The molecule has 3 aliphatic heterocycles. The van der Waals surface area contributed by atoms with Crippen molar-refractivity contribution >= 4 is 90.6 Å². The molecule has 2 aromatic heterocycles. The first-order valence-corrected chi connectivity index (χ1v) is 17.9. The predicted octanol–water partition coefficient (Wildman–Crippen LogP) is 3.72. The van der Waals surface area contributed by atoms with Crippen molar-refractivity contribution < 1.29 is 28.7 Å². The van der Waals surface area contributed by atoms with Crippen molar-refractivity contribution in [3.05, 3.63) is 57.0 Å². The van der Waals surface area contributed by atoms with Gasteiger partial charge in [-0.2, -0.15) is 0 Å². The SMILES string of the molecule is Nc1nc(C(=NOCF)C(=O)NC2C(=O)N3CC(C=CSc4cc(=O)c5ccc(N6CCCCC6)cc5s4)(C(=O)O)CS[C@H]23)cs1. The van der Waals surface area contributed by atoms with Crippen molar-refractivity contribution in [3.63, 3.8) is 0 Å². The molecular formula is C29H29FN6O6S4. The molecule has 2 unspecified atom stereocenters. The number of rotatable bonds is 10. The summed E-state index contributed by atoms with van der Waals surface area (Å²) in [4.78, 5) is 63.6. The van der Waals surface area contributed by atoms with Crippen molar-refractivity contribution in [2.75, 3.05) is 42.9 Å². The first-order chi connectivity index (χ1) is 22.2. The number of carboxylic acids is 1. The number of thiazole rings is 1. The highest BCUT2D eigenvalue weighted by Crippen LogP contribution is 2.44. The van der Waals surface area contributed by atoms with Crippen LogP contribution in [0.3, 0.4) is 0 Å². The van der Waals surface area contributed by atoms with Crippen LogP contribution in [0.5, 0.6) is 0 Å². The molecular weight excluding hydrogens is 676 g/mol. The van der Waals surface area contributed by atoms with E-state index in [1.807, 2.05) is 12.1 Å². The number of amides is 2. The summed E-state index contributed by atoms with van der Waals surface area (Å²) in [5, 5.41) is 19.7. The fraction of sp³-hybridized carbons (Fsp3) is 0.379. The Hall–Kier alpha value is -3.67. The summed E-state index contributed by atoms with van der Waals surface area (Å²) in [6.45, 7) is 0.623. The largest absolute Gasteiger partial charge is 0.481 e. The number of aromatic nitrogens is 1. The van der Waals surface area contributed by atoms with E-state index in [-0.39, 0.29) is 34.3 Å². The molecule has 0 radical (unpaired) electrons. The lowest BCUT2D eigenvalue weighted by atomic mass is 9.87. The number of aliphatic carboxylic acids is 1. The van der Waals surface area contributed by atoms with Crippen LogP contribution in [-0.4, -0.2) is 82.1 Å². The van der Waals surface area contributed by atoms with Gasteiger partial charge in [0.15, 0.2) is 16.3 Å². The fourth-order valence-corrected chi connectivity index (χ4v) is 9.72. The molecule has 1 aromatic carbocycles. The molecule has 3 aliphatic rings.